The minimum absolute atomic E-state index is 0.171. The number of terminal acetylenes is 1. The molecule has 0 bridgehead atoms. The molecule has 110 valence electrons. The second-order valence-electron chi connectivity index (χ2n) is 4.21. The first-order chi connectivity index (χ1) is 8.76. The van der Waals surface area contributed by atoms with Crippen molar-refractivity contribution in [1.82, 2.24) is 0 Å². The summed E-state index contributed by atoms with van der Waals surface area (Å²) in [6.45, 7) is -0.171. The van der Waals surface area contributed by atoms with Gasteiger partial charge in [0.05, 0.1) is 12.3 Å². The fraction of sp³-hybridized carbons (Fsp3) is 0.800. The summed E-state index contributed by atoms with van der Waals surface area (Å²) in [5.41, 5.74) is 0. The predicted molar refractivity (Wildman–Crippen MR) is 63.0 cm³/mol. The van der Waals surface area contributed by atoms with Gasteiger partial charge >= 0.3 is 7.60 Å². The molecule has 5 atom stereocenters. The Labute approximate surface area is 110 Å². The number of aliphatic hydroxyl groups excluding tert-OH is 3. The van der Waals surface area contributed by atoms with E-state index in [1.165, 1.54) is 0 Å². The van der Waals surface area contributed by atoms with Crippen LogP contribution >= 0.6 is 7.60 Å². The Morgan fingerprint density at radius 1 is 1.21 bits per heavy atom. The van der Waals surface area contributed by atoms with Gasteiger partial charge in [0.2, 0.25) is 0 Å². The predicted octanol–water partition coefficient (Wildman–Crippen LogP) is -1.99. The van der Waals surface area contributed by atoms with Gasteiger partial charge in [-0.05, 0) is 6.42 Å². The van der Waals surface area contributed by atoms with Gasteiger partial charge in [0.1, 0.15) is 24.9 Å². The lowest BCUT2D eigenvalue weighted by molar-refractivity contribution is -0.293. The van der Waals surface area contributed by atoms with Crippen LogP contribution in [-0.4, -0.2) is 68.6 Å². The van der Waals surface area contributed by atoms with Gasteiger partial charge in [0.25, 0.3) is 0 Å². The molecule has 1 aliphatic rings. The van der Waals surface area contributed by atoms with Gasteiger partial charge in [-0.25, -0.2) is 0 Å². The van der Waals surface area contributed by atoms with E-state index in [-0.39, 0.29) is 13.0 Å². The smallest absolute Gasteiger partial charge is 0.325 e. The molecule has 5 unspecified atom stereocenters. The van der Waals surface area contributed by atoms with Crippen LogP contribution in [-0.2, 0) is 14.0 Å². The molecule has 8 nitrogen and oxygen atoms in total. The van der Waals surface area contributed by atoms with Crippen molar-refractivity contribution >= 4 is 7.60 Å². The monoisotopic (exact) mass is 296 g/mol. The summed E-state index contributed by atoms with van der Waals surface area (Å²) in [6, 6.07) is 0. The van der Waals surface area contributed by atoms with E-state index < -0.39 is 44.5 Å². The van der Waals surface area contributed by atoms with Gasteiger partial charge in [-0.3, -0.25) is 4.57 Å². The highest BCUT2D eigenvalue weighted by molar-refractivity contribution is 7.51. The summed E-state index contributed by atoms with van der Waals surface area (Å²) in [5, 5.41) is 28.9. The molecule has 1 saturated heterocycles. The van der Waals surface area contributed by atoms with Crippen molar-refractivity contribution in [3.63, 3.8) is 0 Å². The summed E-state index contributed by atoms with van der Waals surface area (Å²) < 4.78 is 20.9. The third-order valence-corrected chi connectivity index (χ3v) is 3.55. The van der Waals surface area contributed by atoms with Crippen LogP contribution in [0.15, 0.2) is 0 Å². The maximum atomic E-state index is 10.8. The van der Waals surface area contributed by atoms with Crippen molar-refractivity contribution in [1.29, 1.82) is 0 Å². The molecular weight excluding hydrogens is 279 g/mol. The average molecular weight is 296 g/mol. The zero-order valence-corrected chi connectivity index (χ0v) is 10.9. The molecule has 0 radical (unpaired) electrons. The maximum absolute atomic E-state index is 10.8. The van der Waals surface area contributed by atoms with E-state index >= 15 is 0 Å². The molecule has 1 heterocycles. The first-order valence-electron chi connectivity index (χ1n) is 5.55. The van der Waals surface area contributed by atoms with Crippen LogP contribution in [0.25, 0.3) is 0 Å². The highest BCUT2D eigenvalue weighted by Gasteiger charge is 2.44. The van der Waals surface area contributed by atoms with Gasteiger partial charge in [0.15, 0.2) is 6.29 Å². The van der Waals surface area contributed by atoms with E-state index in [1.807, 2.05) is 0 Å². The summed E-state index contributed by atoms with van der Waals surface area (Å²) in [6.07, 6.45) is -2.54. The lowest BCUT2D eigenvalue weighted by atomic mass is 9.97. The fourth-order valence-corrected chi connectivity index (χ4v) is 2.31. The Morgan fingerprint density at radius 2 is 1.84 bits per heavy atom. The topological polar surface area (TPSA) is 137 Å². The quantitative estimate of drug-likeness (QED) is 0.290. The second kappa shape index (κ2) is 6.79. The first kappa shape index (κ1) is 16.6. The van der Waals surface area contributed by atoms with Gasteiger partial charge < -0.3 is 34.6 Å². The molecule has 19 heavy (non-hydrogen) atoms. The number of aliphatic hydroxyl groups is 3. The Balaban J connectivity index is 2.65. The van der Waals surface area contributed by atoms with Crippen LogP contribution in [0.1, 0.15) is 6.42 Å². The minimum Gasteiger partial charge on any atom is -0.388 e. The molecule has 1 aliphatic heterocycles. The number of ether oxygens (including phenoxy) is 2. The SMILES string of the molecule is C#CCOC1OC(CCP(=O)(O)O)C(O)C(O)C1O. The molecule has 0 spiro atoms. The van der Waals surface area contributed by atoms with Crippen molar-refractivity contribution in [3.8, 4) is 12.3 Å². The molecule has 1 rings (SSSR count). The standard InChI is InChI=1S/C10H17O8P/c1-2-4-17-10-9(13)8(12)7(11)6(18-10)3-5-19(14,15)16/h1,6-13H,3-5H2,(H2,14,15,16). The second-order valence-corrected chi connectivity index (χ2v) is 5.98. The highest BCUT2D eigenvalue weighted by Crippen LogP contribution is 2.37. The van der Waals surface area contributed by atoms with E-state index in [0.29, 0.717) is 0 Å². The van der Waals surface area contributed by atoms with Crippen molar-refractivity contribution in [2.24, 2.45) is 0 Å². The molecule has 0 aliphatic carbocycles. The zero-order valence-electron chi connectivity index (χ0n) is 9.99. The summed E-state index contributed by atoms with van der Waals surface area (Å²) in [5.74, 6) is 2.15. The molecule has 0 aromatic rings. The van der Waals surface area contributed by atoms with Crippen LogP contribution in [0.4, 0.5) is 0 Å². The number of hydrogen-bond donors (Lipinski definition) is 5. The lowest BCUT2D eigenvalue weighted by Gasteiger charge is -2.40. The Morgan fingerprint density at radius 3 is 2.37 bits per heavy atom. The van der Waals surface area contributed by atoms with Gasteiger partial charge in [0, 0.05) is 0 Å². The minimum atomic E-state index is -4.24. The largest absolute Gasteiger partial charge is 0.388 e. The van der Waals surface area contributed by atoms with Crippen molar-refractivity contribution in [2.75, 3.05) is 12.8 Å². The molecule has 0 saturated carbocycles. The summed E-state index contributed by atoms with van der Waals surface area (Å²) in [4.78, 5) is 17.5. The zero-order chi connectivity index (χ0) is 14.6. The molecule has 1 fully saturated rings. The molecule has 0 aromatic carbocycles. The lowest BCUT2D eigenvalue weighted by Crippen LogP contribution is -2.58. The van der Waals surface area contributed by atoms with Gasteiger partial charge in [-0.2, -0.15) is 0 Å². The highest BCUT2D eigenvalue weighted by atomic mass is 31.2. The maximum Gasteiger partial charge on any atom is 0.325 e. The normalized spacial score (nSPS) is 35.9. The Kier molecular flexibility index (Phi) is 5.92. The van der Waals surface area contributed by atoms with Gasteiger partial charge in [-0.1, -0.05) is 5.92 Å². The molecule has 0 amide bonds. The van der Waals surface area contributed by atoms with Crippen molar-refractivity contribution in [3.05, 3.63) is 0 Å². The van der Waals surface area contributed by atoms with E-state index in [2.05, 4.69) is 5.92 Å². The van der Waals surface area contributed by atoms with Crippen LogP contribution in [0.3, 0.4) is 0 Å². The average Bonchev–Trinajstić information content (AvgIpc) is 2.33. The summed E-state index contributed by atoms with van der Waals surface area (Å²) >= 11 is 0. The van der Waals surface area contributed by atoms with Gasteiger partial charge in [-0.15, -0.1) is 6.42 Å². The Bertz CT molecular complexity index is 374. The third kappa shape index (κ3) is 4.84. The first-order valence-corrected chi connectivity index (χ1v) is 7.35. The van der Waals surface area contributed by atoms with E-state index in [9.17, 15) is 19.9 Å². The number of rotatable bonds is 5. The van der Waals surface area contributed by atoms with Crippen molar-refractivity contribution < 1.29 is 39.1 Å². The van der Waals surface area contributed by atoms with E-state index in [1.54, 1.807) is 0 Å². The molecule has 0 aromatic heterocycles. The third-order valence-electron chi connectivity index (χ3n) is 2.70. The van der Waals surface area contributed by atoms with Crippen LogP contribution in [0.5, 0.6) is 0 Å². The van der Waals surface area contributed by atoms with E-state index in [4.69, 9.17) is 25.7 Å². The van der Waals surface area contributed by atoms with Crippen LogP contribution in [0, 0.1) is 12.3 Å². The van der Waals surface area contributed by atoms with Crippen LogP contribution in [0.2, 0.25) is 0 Å². The molecular formula is C10H17O8P. The Hall–Kier alpha value is -0.490. The number of hydrogen-bond acceptors (Lipinski definition) is 6. The van der Waals surface area contributed by atoms with Crippen LogP contribution < -0.4 is 0 Å². The fourth-order valence-electron chi connectivity index (χ4n) is 1.72. The molecule has 9 heteroatoms. The van der Waals surface area contributed by atoms with Crippen molar-refractivity contribution in [2.45, 2.75) is 37.1 Å². The van der Waals surface area contributed by atoms with E-state index in [0.717, 1.165) is 0 Å². The summed E-state index contributed by atoms with van der Waals surface area (Å²) in [7, 11) is -4.24. The molecule has 5 N–H and O–H groups in total.